The number of carbonyl (C=O) groups is 3. The molecule has 96 valence electrons. The highest BCUT2D eigenvalue weighted by Gasteiger charge is 2.20. The van der Waals surface area contributed by atoms with Crippen molar-refractivity contribution in [3.8, 4) is 0 Å². The first-order valence-electron chi connectivity index (χ1n) is 5.16. The molecule has 0 aliphatic carbocycles. The Labute approximate surface area is 102 Å². The van der Waals surface area contributed by atoms with Crippen molar-refractivity contribution in [1.29, 1.82) is 0 Å². The number of carbonyl (C=O) groups excluding carboxylic acids is 1. The second kappa shape index (κ2) is 5.92. The molecular weight excluding hydrogens is 240 g/mol. The van der Waals surface area contributed by atoms with Gasteiger partial charge in [-0.3, -0.25) is 9.59 Å². The van der Waals surface area contributed by atoms with Crippen LogP contribution in [0.25, 0.3) is 0 Å². The zero-order chi connectivity index (χ0) is 13.7. The molecule has 0 heterocycles. The Morgan fingerprint density at radius 1 is 1.28 bits per heavy atom. The Bertz CT molecular complexity index is 479. The van der Waals surface area contributed by atoms with Gasteiger partial charge in [-0.2, -0.15) is 0 Å². The van der Waals surface area contributed by atoms with E-state index in [9.17, 15) is 19.5 Å². The number of carboxylic acid groups (broad SMARTS) is 2. The van der Waals surface area contributed by atoms with E-state index >= 15 is 0 Å². The molecule has 1 atom stereocenters. The van der Waals surface area contributed by atoms with Gasteiger partial charge in [-0.1, -0.05) is 12.1 Å². The molecule has 0 amide bonds. The van der Waals surface area contributed by atoms with Gasteiger partial charge in [0.15, 0.2) is 6.10 Å². The number of rotatable bonds is 6. The molecule has 0 aromatic heterocycles. The number of aryl methyl sites for hydroxylation is 1. The van der Waals surface area contributed by atoms with Crippen LogP contribution in [0.15, 0.2) is 18.2 Å². The monoisotopic (exact) mass is 252 g/mol. The molecule has 6 nitrogen and oxygen atoms in total. The number of hydrogen-bond acceptors (Lipinski definition) is 4. The van der Waals surface area contributed by atoms with Crippen LogP contribution in [0.4, 0.5) is 0 Å². The van der Waals surface area contributed by atoms with E-state index in [-0.39, 0.29) is 18.4 Å². The molecule has 0 saturated carbocycles. The van der Waals surface area contributed by atoms with Crippen LogP contribution in [0.1, 0.15) is 34.0 Å². The van der Waals surface area contributed by atoms with Gasteiger partial charge < -0.3 is 15.3 Å². The smallest absolute Gasteiger partial charge is 0.337 e. The molecule has 0 aliphatic rings. The van der Waals surface area contributed by atoms with E-state index in [1.165, 1.54) is 18.2 Å². The topological polar surface area (TPSA) is 112 Å². The molecule has 0 bridgehead atoms. The Morgan fingerprint density at radius 2 is 1.94 bits per heavy atom. The van der Waals surface area contributed by atoms with Crippen LogP contribution in [0.2, 0.25) is 0 Å². The molecule has 0 radical (unpaired) electrons. The van der Waals surface area contributed by atoms with Crippen LogP contribution >= 0.6 is 0 Å². The molecule has 18 heavy (non-hydrogen) atoms. The Kier molecular flexibility index (Phi) is 4.56. The van der Waals surface area contributed by atoms with Gasteiger partial charge in [0.1, 0.15) is 6.29 Å². The van der Waals surface area contributed by atoms with Crippen molar-refractivity contribution in [2.45, 2.75) is 18.9 Å². The van der Waals surface area contributed by atoms with E-state index in [0.717, 1.165) is 0 Å². The zero-order valence-electron chi connectivity index (χ0n) is 9.37. The predicted octanol–water partition coefficient (Wildman–Crippen LogP) is 0.634. The van der Waals surface area contributed by atoms with Crippen LogP contribution < -0.4 is 0 Å². The fourth-order valence-electron chi connectivity index (χ4n) is 1.56. The standard InChI is InChI=1S/C12H12O6/c13-6-7-1-3-9(11(16)12(17)18)8(5-7)2-4-10(14)15/h1,3,5-6,11,16H,2,4H2,(H,14,15)(H,17,18). The van der Waals surface area contributed by atoms with E-state index in [2.05, 4.69) is 0 Å². The van der Waals surface area contributed by atoms with Crippen molar-refractivity contribution in [2.75, 3.05) is 0 Å². The average molecular weight is 252 g/mol. The second-order valence-corrected chi connectivity index (χ2v) is 3.71. The number of carboxylic acids is 2. The lowest BCUT2D eigenvalue weighted by atomic mass is 9.96. The SMILES string of the molecule is O=Cc1ccc(C(O)C(=O)O)c(CCC(=O)O)c1. The van der Waals surface area contributed by atoms with Gasteiger partial charge in [0.05, 0.1) is 0 Å². The minimum absolute atomic E-state index is 0.0523. The summed E-state index contributed by atoms with van der Waals surface area (Å²) in [5, 5.41) is 26.8. The van der Waals surface area contributed by atoms with Crippen LogP contribution in [-0.2, 0) is 16.0 Å². The first-order valence-corrected chi connectivity index (χ1v) is 5.16. The van der Waals surface area contributed by atoms with Crippen LogP contribution in [0.5, 0.6) is 0 Å². The molecule has 1 aromatic carbocycles. The number of aliphatic carboxylic acids is 2. The summed E-state index contributed by atoms with van der Waals surface area (Å²) in [7, 11) is 0. The summed E-state index contributed by atoms with van der Waals surface area (Å²) >= 11 is 0. The lowest BCUT2D eigenvalue weighted by Gasteiger charge is -2.12. The van der Waals surface area contributed by atoms with Crippen molar-refractivity contribution in [1.82, 2.24) is 0 Å². The average Bonchev–Trinajstić information content (AvgIpc) is 2.34. The normalized spacial score (nSPS) is 11.8. The van der Waals surface area contributed by atoms with E-state index in [1.807, 2.05) is 0 Å². The van der Waals surface area contributed by atoms with Gasteiger partial charge in [0, 0.05) is 12.0 Å². The summed E-state index contributed by atoms with van der Waals surface area (Å²) in [6.45, 7) is 0. The lowest BCUT2D eigenvalue weighted by Crippen LogP contribution is -2.13. The van der Waals surface area contributed by atoms with E-state index < -0.39 is 18.0 Å². The molecular formula is C12H12O6. The second-order valence-electron chi connectivity index (χ2n) is 3.71. The first kappa shape index (κ1) is 13.9. The maximum absolute atomic E-state index is 10.7. The molecule has 0 aliphatic heterocycles. The minimum atomic E-state index is -1.73. The van der Waals surface area contributed by atoms with Gasteiger partial charge in [-0.25, -0.2) is 4.79 Å². The summed E-state index contributed by atoms with van der Waals surface area (Å²) in [6, 6.07) is 4.08. The number of aliphatic hydroxyl groups is 1. The minimum Gasteiger partial charge on any atom is -0.481 e. The molecule has 1 unspecified atom stereocenters. The first-order chi connectivity index (χ1) is 8.45. The quantitative estimate of drug-likeness (QED) is 0.640. The number of aldehydes is 1. The molecule has 1 aromatic rings. The van der Waals surface area contributed by atoms with Crippen molar-refractivity contribution < 1.29 is 29.7 Å². The lowest BCUT2D eigenvalue weighted by molar-refractivity contribution is -0.147. The third-order valence-corrected chi connectivity index (χ3v) is 2.44. The van der Waals surface area contributed by atoms with Crippen LogP contribution in [-0.4, -0.2) is 33.5 Å². The summed E-state index contributed by atoms with van der Waals surface area (Å²) < 4.78 is 0. The van der Waals surface area contributed by atoms with E-state index in [0.29, 0.717) is 17.4 Å². The van der Waals surface area contributed by atoms with Crippen molar-refractivity contribution in [3.63, 3.8) is 0 Å². The van der Waals surface area contributed by atoms with Gasteiger partial charge >= 0.3 is 11.9 Å². The molecule has 0 spiro atoms. The summed E-state index contributed by atoms with van der Waals surface area (Å²) in [5.41, 5.74) is 0.753. The Morgan fingerprint density at radius 3 is 2.44 bits per heavy atom. The summed E-state index contributed by atoms with van der Waals surface area (Å²) in [4.78, 5) is 31.8. The number of hydrogen-bond donors (Lipinski definition) is 3. The summed E-state index contributed by atoms with van der Waals surface area (Å²) in [6.07, 6.45) is -1.31. The Hall–Kier alpha value is -2.21. The van der Waals surface area contributed by atoms with Gasteiger partial charge in [0.2, 0.25) is 0 Å². The third kappa shape index (κ3) is 3.39. The molecule has 0 fully saturated rings. The van der Waals surface area contributed by atoms with Crippen molar-refractivity contribution in [2.24, 2.45) is 0 Å². The third-order valence-electron chi connectivity index (χ3n) is 2.44. The molecule has 1 rings (SSSR count). The maximum atomic E-state index is 10.7. The van der Waals surface area contributed by atoms with Gasteiger partial charge in [0.25, 0.3) is 0 Å². The molecule has 3 N–H and O–H groups in total. The van der Waals surface area contributed by atoms with Crippen LogP contribution in [0, 0.1) is 0 Å². The fourth-order valence-corrected chi connectivity index (χ4v) is 1.56. The van der Waals surface area contributed by atoms with Crippen molar-refractivity contribution >= 4 is 18.2 Å². The van der Waals surface area contributed by atoms with Gasteiger partial charge in [-0.05, 0) is 23.6 Å². The zero-order valence-corrected chi connectivity index (χ0v) is 9.37. The van der Waals surface area contributed by atoms with E-state index in [1.54, 1.807) is 0 Å². The summed E-state index contributed by atoms with van der Waals surface area (Å²) in [5.74, 6) is -2.47. The highest BCUT2D eigenvalue weighted by Crippen LogP contribution is 2.21. The molecule has 6 heteroatoms. The fraction of sp³-hybridized carbons (Fsp3) is 0.250. The largest absolute Gasteiger partial charge is 0.481 e. The van der Waals surface area contributed by atoms with Gasteiger partial charge in [-0.15, -0.1) is 0 Å². The number of aliphatic hydroxyl groups excluding tert-OH is 1. The van der Waals surface area contributed by atoms with Crippen LogP contribution in [0.3, 0.4) is 0 Å². The van der Waals surface area contributed by atoms with E-state index in [4.69, 9.17) is 10.2 Å². The number of benzene rings is 1. The predicted molar refractivity (Wildman–Crippen MR) is 60.4 cm³/mol. The maximum Gasteiger partial charge on any atom is 0.337 e. The highest BCUT2D eigenvalue weighted by molar-refractivity contribution is 5.78. The molecule has 0 saturated heterocycles. The van der Waals surface area contributed by atoms with Crippen molar-refractivity contribution in [3.05, 3.63) is 34.9 Å². The Balaban J connectivity index is 3.11. The highest BCUT2D eigenvalue weighted by atomic mass is 16.4.